The summed E-state index contributed by atoms with van der Waals surface area (Å²) in [5.74, 6) is -0.0699. The lowest BCUT2D eigenvalue weighted by atomic mass is 9.89. The van der Waals surface area contributed by atoms with E-state index in [1.54, 1.807) is 6.92 Å². The van der Waals surface area contributed by atoms with Gasteiger partial charge >= 0.3 is 5.97 Å². The molecule has 19 heavy (non-hydrogen) atoms. The van der Waals surface area contributed by atoms with Gasteiger partial charge in [-0.3, -0.25) is 9.59 Å². The molecule has 1 fully saturated rings. The minimum absolute atomic E-state index is 0.00594. The Morgan fingerprint density at radius 1 is 1.32 bits per heavy atom. The van der Waals surface area contributed by atoms with Gasteiger partial charge in [0.1, 0.15) is 0 Å². The highest BCUT2D eigenvalue weighted by Gasteiger charge is 2.25. The number of aliphatic carboxylic acids is 1. The van der Waals surface area contributed by atoms with Gasteiger partial charge in [0, 0.05) is 12.0 Å². The SMILES string of the molecule is CCCC(CC1CCCC1)C(=O)NC(C)CC(=O)O. The van der Waals surface area contributed by atoms with E-state index in [2.05, 4.69) is 12.2 Å². The average Bonchev–Trinajstić information content (AvgIpc) is 2.79. The van der Waals surface area contributed by atoms with Gasteiger partial charge in [0.2, 0.25) is 5.91 Å². The Balaban J connectivity index is 2.44. The molecule has 1 aliphatic carbocycles. The quantitative estimate of drug-likeness (QED) is 0.712. The lowest BCUT2D eigenvalue weighted by molar-refractivity contribution is -0.137. The minimum Gasteiger partial charge on any atom is -0.481 e. The lowest BCUT2D eigenvalue weighted by Gasteiger charge is -2.21. The summed E-state index contributed by atoms with van der Waals surface area (Å²) in [6.45, 7) is 3.85. The van der Waals surface area contributed by atoms with E-state index < -0.39 is 5.97 Å². The normalized spacial score (nSPS) is 19.1. The highest BCUT2D eigenvalue weighted by Crippen LogP contribution is 2.31. The van der Waals surface area contributed by atoms with E-state index in [0.29, 0.717) is 5.92 Å². The summed E-state index contributed by atoms with van der Waals surface area (Å²) in [5.41, 5.74) is 0. The van der Waals surface area contributed by atoms with Crippen LogP contribution in [0.15, 0.2) is 0 Å². The summed E-state index contributed by atoms with van der Waals surface area (Å²) in [6.07, 6.45) is 7.95. The predicted molar refractivity (Wildman–Crippen MR) is 74.8 cm³/mol. The molecule has 1 aliphatic rings. The van der Waals surface area contributed by atoms with Crippen molar-refractivity contribution < 1.29 is 14.7 Å². The topological polar surface area (TPSA) is 66.4 Å². The number of hydrogen-bond donors (Lipinski definition) is 2. The van der Waals surface area contributed by atoms with Crippen molar-refractivity contribution in [3.8, 4) is 0 Å². The van der Waals surface area contributed by atoms with Crippen molar-refractivity contribution in [2.75, 3.05) is 0 Å². The molecule has 0 aliphatic heterocycles. The number of carboxylic acid groups (broad SMARTS) is 1. The Morgan fingerprint density at radius 3 is 2.47 bits per heavy atom. The van der Waals surface area contributed by atoms with Gasteiger partial charge in [-0.05, 0) is 25.7 Å². The van der Waals surface area contributed by atoms with E-state index in [4.69, 9.17) is 5.11 Å². The van der Waals surface area contributed by atoms with E-state index in [1.807, 2.05) is 0 Å². The van der Waals surface area contributed by atoms with Crippen molar-refractivity contribution >= 4 is 11.9 Å². The fourth-order valence-electron chi connectivity index (χ4n) is 3.03. The number of hydrogen-bond acceptors (Lipinski definition) is 2. The minimum atomic E-state index is -0.865. The monoisotopic (exact) mass is 269 g/mol. The second kappa shape index (κ2) is 8.18. The Morgan fingerprint density at radius 2 is 1.95 bits per heavy atom. The van der Waals surface area contributed by atoms with Gasteiger partial charge in [0.25, 0.3) is 0 Å². The Bertz CT molecular complexity index is 298. The van der Waals surface area contributed by atoms with Crippen LogP contribution in [-0.4, -0.2) is 23.0 Å². The van der Waals surface area contributed by atoms with Gasteiger partial charge in [-0.15, -0.1) is 0 Å². The third-order valence-corrected chi connectivity index (χ3v) is 3.97. The summed E-state index contributed by atoms with van der Waals surface area (Å²) in [4.78, 5) is 22.8. The van der Waals surface area contributed by atoms with Crippen molar-refractivity contribution in [2.45, 2.75) is 71.3 Å². The summed E-state index contributed by atoms with van der Waals surface area (Å²) in [5, 5.41) is 11.6. The number of carbonyl (C=O) groups is 2. The molecule has 2 N–H and O–H groups in total. The van der Waals surface area contributed by atoms with Crippen LogP contribution in [0.5, 0.6) is 0 Å². The fraction of sp³-hybridized carbons (Fsp3) is 0.867. The first-order valence-electron chi connectivity index (χ1n) is 7.55. The first-order valence-corrected chi connectivity index (χ1v) is 7.55. The molecule has 0 saturated heterocycles. The van der Waals surface area contributed by atoms with Gasteiger partial charge in [-0.1, -0.05) is 39.0 Å². The highest BCUT2D eigenvalue weighted by molar-refractivity contribution is 5.79. The Kier molecular flexibility index (Phi) is 6.89. The van der Waals surface area contributed by atoms with E-state index in [1.165, 1.54) is 25.7 Å². The van der Waals surface area contributed by atoms with E-state index in [9.17, 15) is 9.59 Å². The number of amides is 1. The molecule has 0 bridgehead atoms. The summed E-state index contributed by atoms with van der Waals surface area (Å²) in [6, 6.07) is -0.284. The van der Waals surface area contributed by atoms with Gasteiger partial charge in [0.05, 0.1) is 6.42 Å². The zero-order valence-corrected chi connectivity index (χ0v) is 12.2. The maximum Gasteiger partial charge on any atom is 0.305 e. The Hall–Kier alpha value is -1.06. The van der Waals surface area contributed by atoms with Crippen LogP contribution in [0.2, 0.25) is 0 Å². The van der Waals surface area contributed by atoms with Crippen LogP contribution in [0.25, 0.3) is 0 Å². The van der Waals surface area contributed by atoms with Crippen LogP contribution in [0, 0.1) is 11.8 Å². The number of carbonyl (C=O) groups excluding carboxylic acids is 1. The summed E-state index contributed by atoms with van der Waals surface area (Å²) in [7, 11) is 0. The van der Waals surface area contributed by atoms with Gasteiger partial charge in [-0.2, -0.15) is 0 Å². The molecular weight excluding hydrogens is 242 g/mol. The predicted octanol–water partition coefficient (Wildman–Crippen LogP) is 2.96. The molecule has 0 aromatic carbocycles. The van der Waals surface area contributed by atoms with Crippen molar-refractivity contribution in [1.82, 2.24) is 5.32 Å². The summed E-state index contributed by atoms with van der Waals surface area (Å²) < 4.78 is 0. The molecule has 110 valence electrons. The van der Waals surface area contributed by atoms with Gasteiger partial charge < -0.3 is 10.4 Å². The number of nitrogens with one attached hydrogen (secondary N) is 1. The molecule has 2 atom stereocenters. The van der Waals surface area contributed by atoms with Crippen molar-refractivity contribution in [1.29, 1.82) is 0 Å². The van der Waals surface area contributed by atoms with Crippen LogP contribution in [0.4, 0.5) is 0 Å². The molecule has 1 amide bonds. The zero-order chi connectivity index (χ0) is 14.3. The molecule has 0 radical (unpaired) electrons. The molecule has 2 unspecified atom stereocenters. The van der Waals surface area contributed by atoms with E-state index >= 15 is 0 Å². The number of carboxylic acids is 1. The smallest absolute Gasteiger partial charge is 0.305 e. The van der Waals surface area contributed by atoms with Crippen LogP contribution in [-0.2, 0) is 9.59 Å². The molecule has 0 aromatic heterocycles. The van der Waals surface area contributed by atoms with Crippen LogP contribution in [0.3, 0.4) is 0 Å². The fourth-order valence-corrected chi connectivity index (χ4v) is 3.03. The summed E-state index contributed by atoms with van der Waals surface area (Å²) >= 11 is 0. The van der Waals surface area contributed by atoms with Gasteiger partial charge in [0.15, 0.2) is 0 Å². The molecule has 1 saturated carbocycles. The van der Waals surface area contributed by atoms with Crippen molar-refractivity contribution in [3.05, 3.63) is 0 Å². The standard InChI is InChI=1S/C15H27NO3/c1-3-6-13(10-12-7-4-5-8-12)15(19)16-11(2)9-14(17)18/h11-13H,3-10H2,1-2H3,(H,16,19)(H,17,18). The first-order chi connectivity index (χ1) is 9.02. The molecule has 1 rings (SSSR count). The molecule has 4 nitrogen and oxygen atoms in total. The largest absolute Gasteiger partial charge is 0.481 e. The maximum absolute atomic E-state index is 12.2. The zero-order valence-electron chi connectivity index (χ0n) is 12.2. The van der Waals surface area contributed by atoms with E-state index in [-0.39, 0.29) is 24.3 Å². The Labute approximate surface area is 116 Å². The van der Waals surface area contributed by atoms with Crippen LogP contribution >= 0.6 is 0 Å². The lowest BCUT2D eigenvalue weighted by Crippen LogP contribution is -2.39. The molecule has 0 heterocycles. The van der Waals surface area contributed by atoms with Crippen LogP contribution < -0.4 is 5.32 Å². The maximum atomic E-state index is 12.2. The third kappa shape index (κ3) is 6.08. The highest BCUT2D eigenvalue weighted by atomic mass is 16.4. The average molecular weight is 269 g/mol. The van der Waals surface area contributed by atoms with Crippen LogP contribution in [0.1, 0.15) is 65.2 Å². The van der Waals surface area contributed by atoms with Gasteiger partial charge in [-0.25, -0.2) is 0 Å². The second-order valence-corrected chi connectivity index (χ2v) is 5.88. The molecule has 4 heteroatoms. The number of rotatable bonds is 8. The molecule has 0 spiro atoms. The molecule has 0 aromatic rings. The van der Waals surface area contributed by atoms with Crippen molar-refractivity contribution in [3.63, 3.8) is 0 Å². The first kappa shape index (κ1) is 16.0. The second-order valence-electron chi connectivity index (χ2n) is 5.88. The third-order valence-electron chi connectivity index (χ3n) is 3.97. The van der Waals surface area contributed by atoms with E-state index in [0.717, 1.165) is 19.3 Å². The van der Waals surface area contributed by atoms with Crippen molar-refractivity contribution in [2.24, 2.45) is 11.8 Å². The molecular formula is C15H27NO3.